The molecule has 1 aliphatic heterocycles. The van der Waals surface area contributed by atoms with Crippen LogP contribution in [0.5, 0.6) is 0 Å². The second-order valence-corrected chi connectivity index (χ2v) is 5.58. The average Bonchev–Trinajstić information content (AvgIpc) is 2.75. The summed E-state index contributed by atoms with van der Waals surface area (Å²) in [6.07, 6.45) is 5.09. The van der Waals surface area contributed by atoms with E-state index in [9.17, 15) is 15.0 Å². The Labute approximate surface area is 103 Å². The molecule has 98 valence electrons. The summed E-state index contributed by atoms with van der Waals surface area (Å²) in [5, 5.41) is 19.4. The van der Waals surface area contributed by atoms with Gasteiger partial charge in [-0.3, -0.25) is 9.69 Å². The molecule has 0 bridgehead atoms. The number of carboxylic acids is 1. The smallest absolute Gasteiger partial charge is 0.310 e. The summed E-state index contributed by atoms with van der Waals surface area (Å²) in [6, 6.07) is 0.195. The van der Waals surface area contributed by atoms with E-state index in [1.54, 1.807) is 0 Å². The monoisotopic (exact) mass is 241 g/mol. The zero-order valence-electron chi connectivity index (χ0n) is 10.6. The molecule has 2 aliphatic rings. The third kappa shape index (κ3) is 2.33. The highest BCUT2D eigenvalue weighted by molar-refractivity contribution is 5.75. The first-order chi connectivity index (χ1) is 8.09. The van der Waals surface area contributed by atoms with E-state index in [2.05, 4.69) is 4.90 Å². The predicted octanol–water partition coefficient (Wildman–Crippen LogP) is 1.48. The molecule has 4 nitrogen and oxygen atoms in total. The molecule has 0 aromatic rings. The number of aliphatic hydroxyl groups is 1. The Hall–Kier alpha value is -0.610. The lowest BCUT2D eigenvalue weighted by Gasteiger charge is -2.43. The number of aliphatic hydroxyl groups excluding tert-OH is 1. The van der Waals surface area contributed by atoms with Gasteiger partial charge in [0.05, 0.1) is 11.5 Å². The van der Waals surface area contributed by atoms with Gasteiger partial charge in [0.2, 0.25) is 0 Å². The first-order valence-electron chi connectivity index (χ1n) is 6.74. The van der Waals surface area contributed by atoms with Crippen molar-refractivity contribution < 1.29 is 15.0 Å². The van der Waals surface area contributed by atoms with Crippen LogP contribution in [0, 0.1) is 5.41 Å². The summed E-state index contributed by atoms with van der Waals surface area (Å²) in [7, 11) is 0. The van der Waals surface area contributed by atoms with Crippen molar-refractivity contribution in [3.8, 4) is 0 Å². The number of piperidine rings is 1. The Morgan fingerprint density at radius 3 is 2.71 bits per heavy atom. The van der Waals surface area contributed by atoms with Crippen molar-refractivity contribution in [2.45, 2.75) is 57.6 Å². The second kappa shape index (κ2) is 4.94. The van der Waals surface area contributed by atoms with Gasteiger partial charge in [0.15, 0.2) is 0 Å². The highest BCUT2D eigenvalue weighted by Gasteiger charge is 2.44. The number of aliphatic carboxylic acids is 1. The van der Waals surface area contributed by atoms with Crippen LogP contribution >= 0.6 is 0 Å². The van der Waals surface area contributed by atoms with Crippen LogP contribution < -0.4 is 0 Å². The van der Waals surface area contributed by atoms with E-state index in [0.717, 1.165) is 38.6 Å². The minimum atomic E-state index is -0.669. The summed E-state index contributed by atoms with van der Waals surface area (Å²) in [6.45, 7) is 3.51. The van der Waals surface area contributed by atoms with E-state index in [1.165, 1.54) is 0 Å². The molecule has 3 unspecified atom stereocenters. The number of carbonyl (C=O) groups is 1. The predicted molar refractivity (Wildman–Crippen MR) is 64.8 cm³/mol. The molecule has 17 heavy (non-hydrogen) atoms. The normalized spacial score (nSPS) is 39.4. The van der Waals surface area contributed by atoms with Crippen LogP contribution in [0.4, 0.5) is 0 Å². The lowest BCUT2D eigenvalue weighted by molar-refractivity contribution is -0.154. The molecule has 2 fully saturated rings. The molecule has 2 rings (SSSR count). The van der Waals surface area contributed by atoms with Gasteiger partial charge in [0, 0.05) is 12.6 Å². The fourth-order valence-electron chi connectivity index (χ4n) is 3.41. The maximum atomic E-state index is 11.5. The molecule has 0 spiro atoms. The lowest BCUT2D eigenvalue weighted by atomic mass is 9.77. The van der Waals surface area contributed by atoms with Crippen LogP contribution in [0.25, 0.3) is 0 Å². The van der Waals surface area contributed by atoms with Crippen LogP contribution in [0.15, 0.2) is 0 Å². The Morgan fingerprint density at radius 2 is 2.18 bits per heavy atom. The Bertz CT molecular complexity index is 294. The quantitative estimate of drug-likeness (QED) is 0.785. The van der Waals surface area contributed by atoms with E-state index in [4.69, 9.17) is 0 Å². The Balaban J connectivity index is 2.08. The first kappa shape index (κ1) is 12.8. The molecule has 0 aromatic carbocycles. The van der Waals surface area contributed by atoms with Crippen molar-refractivity contribution in [1.29, 1.82) is 0 Å². The van der Waals surface area contributed by atoms with Gasteiger partial charge in [0.1, 0.15) is 0 Å². The van der Waals surface area contributed by atoms with Gasteiger partial charge in [-0.1, -0.05) is 6.92 Å². The van der Waals surface area contributed by atoms with Crippen LogP contribution in [0.2, 0.25) is 0 Å². The number of hydrogen-bond donors (Lipinski definition) is 2. The van der Waals surface area contributed by atoms with E-state index in [-0.39, 0.29) is 12.1 Å². The lowest BCUT2D eigenvalue weighted by Crippen LogP contribution is -2.52. The Morgan fingerprint density at radius 1 is 1.41 bits per heavy atom. The molecular weight excluding hydrogens is 218 g/mol. The summed E-state index contributed by atoms with van der Waals surface area (Å²) >= 11 is 0. The van der Waals surface area contributed by atoms with Crippen molar-refractivity contribution in [3.05, 3.63) is 0 Å². The van der Waals surface area contributed by atoms with Crippen molar-refractivity contribution >= 4 is 5.97 Å². The number of carboxylic acid groups (broad SMARTS) is 1. The molecule has 0 aromatic heterocycles. The van der Waals surface area contributed by atoms with Crippen LogP contribution in [0.1, 0.15) is 45.4 Å². The molecule has 1 heterocycles. The van der Waals surface area contributed by atoms with E-state index >= 15 is 0 Å². The van der Waals surface area contributed by atoms with Gasteiger partial charge >= 0.3 is 5.97 Å². The minimum Gasteiger partial charge on any atom is -0.481 e. The molecule has 2 N–H and O–H groups in total. The second-order valence-electron chi connectivity index (χ2n) is 5.58. The number of hydrogen-bond acceptors (Lipinski definition) is 3. The van der Waals surface area contributed by atoms with Crippen LogP contribution in [-0.4, -0.2) is 46.3 Å². The fraction of sp³-hybridized carbons (Fsp3) is 0.923. The summed E-state index contributed by atoms with van der Waals surface area (Å²) in [4.78, 5) is 13.7. The van der Waals surface area contributed by atoms with Gasteiger partial charge in [-0.2, -0.15) is 0 Å². The highest BCUT2D eigenvalue weighted by atomic mass is 16.4. The molecule has 3 atom stereocenters. The number of rotatable bonds is 3. The topological polar surface area (TPSA) is 60.8 Å². The van der Waals surface area contributed by atoms with Crippen LogP contribution in [0.3, 0.4) is 0 Å². The Kier molecular flexibility index (Phi) is 3.73. The van der Waals surface area contributed by atoms with Gasteiger partial charge in [-0.05, 0) is 45.1 Å². The third-order valence-corrected chi connectivity index (χ3v) is 4.65. The zero-order valence-corrected chi connectivity index (χ0v) is 10.6. The SMILES string of the molecule is CCC1(C(=O)O)CCCN(C2CCCC2O)C1. The average molecular weight is 241 g/mol. The van der Waals surface area contributed by atoms with Crippen molar-refractivity contribution in [2.75, 3.05) is 13.1 Å². The standard InChI is InChI=1S/C13H23NO3/c1-2-13(12(16)17)7-4-8-14(9-13)10-5-3-6-11(10)15/h10-11,15H,2-9H2,1H3,(H,16,17). The van der Waals surface area contributed by atoms with E-state index in [1.807, 2.05) is 6.92 Å². The van der Waals surface area contributed by atoms with Crippen molar-refractivity contribution in [1.82, 2.24) is 4.90 Å². The van der Waals surface area contributed by atoms with Crippen LogP contribution in [-0.2, 0) is 4.79 Å². The van der Waals surface area contributed by atoms with E-state index < -0.39 is 11.4 Å². The third-order valence-electron chi connectivity index (χ3n) is 4.65. The summed E-state index contributed by atoms with van der Waals surface area (Å²) in [5.41, 5.74) is -0.583. The maximum absolute atomic E-state index is 11.5. The summed E-state index contributed by atoms with van der Waals surface area (Å²) in [5.74, 6) is -0.669. The van der Waals surface area contributed by atoms with Gasteiger partial charge in [-0.15, -0.1) is 0 Å². The zero-order chi connectivity index (χ0) is 12.5. The number of nitrogens with zero attached hydrogens (tertiary/aromatic N) is 1. The van der Waals surface area contributed by atoms with Gasteiger partial charge in [-0.25, -0.2) is 0 Å². The van der Waals surface area contributed by atoms with Gasteiger partial charge < -0.3 is 10.2 Å². The molecular formula is C13H23NO3. The fourth-order valence-corrected chi connectivity index (χ4v) is 3.41. The van der Waals surface area contributed by atoms with Gasteiger partial charge in [0.25, 0.3) is 0 Å². The molecule has 0 radical (unpaired) electrons. The first-order valence-corrected chi connectivity index (χ1v) is 6.74. The highest BCUT2D eigenvalue weighted by Crippen LogP contribution is 2.37. The van der Waals surface area contributed by atoms with Crippen molar-refractivity contribution in [2.24, 2.45) is 5.41 Å². The molecule has 0 amide bonds. The molecule has 4 heteroatoms. The maximum Gasteiger partial charge on any atom is 0.310 e. The number of likely N-dealkylation sites (tertiary alicyclic amines) is 1. The summed E-state index contributed by atoms with van der Waals surface area (Å²) < 4.78 is 0. The molecule has 1 saturated carbocycles. The van der Waals surface area contributed by atoms with E-state index in [0.29, 0.717) is 13.0 Å². The van der Waals surface area contributed by atoms with Crippen molar-refractivity contribution in [3.63, 3.8) is 0 Å². The molecule has 1 aliphatic carbocycles. The minimum absolute atomic E-state index is 0.195. The molecule has 1 saturated heterocycles. The largest absolute Gasteiger partial charge is 0.481 e.